The van der Waals surface area contributed by atoms with Gasteiger partial charge in [-0.05, 0) is 44.8 Å². The SMILES string of the molecule is O=C1CC(CBr)CN1CCCN1CCCCCC1. The highest BCUT2D eigenvalue weighted by molar-refractivity contribution is 9.09. The second-order valence-corrected chi connectivity index (χ2v) is 6.32. The Hall–Kier alpha value is -0.0900. The Kier molecular flexibility index (Phi) is 5.96. The van der Waals surface area contributed by atoms with E-state index in [2.05, 4.69) is 25.7 Å². The van der Waals surface area contributed by atoms with E-state index in [0.717, 1.165) is 31.3 Å². The Bertz CT molecular complexity index is 265. The topological polar surface area (TPSA) is 23.6 Å². The summed E-state index contributed by atoms with van der Waals surface area (Å²) in [5, 5.41) is 0.960. The first-order chi connectivity index (χ1) is 8.79. The molecule has 2 heterocycles. The molecular weight excluding hydrogens is 292 g/mol. The Morgan fingerprint density at radius 1 is 1.11 bits per heavy atom. The molecule has 2 saturated heterocycles. The minimum atomic E-state index is 0.357. The van der Waals surface area contributed by atoms with Gasteiger partial charge in [0.2, 0.25) is 5.91 Å². The molecular formula is C14H25BrN2O. The lowest BCUT2D eigenvalue weighted by Crippen LogP contribution is -2.31. The highest BCUT2D eigenvalue weighted by atomic mass is 79.9. The predicted molar refractivity (Wildman–Crippen MR) is 78.0 cm³/mol. The first-order valence-electron chi connectivity index (χ1n) is 7.35. The van der Waals surface area contributed by atoms with Crippen LogP contribution < -0.4 is 0 Å². The van der Waals surface area contributed by atoms with E-state index in [1.54, 1.807) is 0 Å². The molecule has 0 saturated carbocycles. The third-order valence-corrected chi connectivity index (χ3v) is 5.03. The maximum absolute atomic E-state index is 11.8. The fourth-order valence-electron chi connectivity index (χ4n) is 3.02. The molecule has 0 bridgehead atoms. The standard InChI is InChI=1S/C14H25BrN2O/c15-11-13-10-14(18)17(12-13)9-5-8-16-6-3-1-2-4-7-16/h13H,1-12H2. The van der Waals surface area contributed by atoms with Crippen LogP contribution in [0.4, 0.5) is 0 Å². The van der Waals surface area contributed by atoms with Gasteiger partial charge >= 0.3 is 0 Å². The van der Waals surface area contributed by atoms with Crippen LogP contribution in [-0.4, -0.2) is 53.8 Å². The maximum Gasteiger partial charge on any atom is 0.222 e. The summed E-state index contributed by atoms with van der Waals surface area (Å²) >= 11 is 3.48. The van der Waals surface area contributed by atoms with Crippen molar-refractivity contribution in [2.45, 2.75) is 38.5 Å². The van der Waals surface area contributed by atoms with Crippen molar-refractivity contribution in [1.82, 2.24) is 9.80 Å². The van der Waals surface area contributed by atoms with Gasteiger partial charge in [-0.3, -0.25) is 4.79 Å². The van der Waals surface area contributed by atoms with Gasteiger partial charge in [-0.2, -0.15) is 0 Å². The van der Waals surface area contributed by atoms with Crippen molar-refractivity contribution < 1.29 is 4.79 Å². The van der Waals surface area contributed by atoms with Crippen LogP contribution in [0, 0.1) is 5.92 Å². The molecule has 18 heavy (non-hydrogen) atoms. The molecule has 0 N–H and O–H groups in total. The summed E-state index contributed by atoms with van der Waals surface area (Å²) in [6, 6.07) is 0. The molecule has 0 spiro atoms. The minimum absolute atomic E-state index is 0.357. The summed E-state index contributed by atoms with van der Waals surface area (Å²) in [4.78, 5) is 16.4. The molecule has 2 aliphatic rings. The first-order valence-corrected chi connectivity index (χ1v) is 8.48. The van der Waals surface area contributed by atoms with Crippen LogP contribution in [0.3, 0.4) is 0 Å². The number of hydrogen-bond donors (Lipinski definition) is 0. The lowest BCUT2D eigenvalue weighted by molar-refractivity contribution is -0.127. The van der Waals surface area contributed by atoms with Gasteiger partial charge in [0.25, 0.3) is 0 Å². The van der Waals surface area contributed by atoms with Crippen molar-refractivity contribution in [3.8, 4) is 0 Å². The monoisotopic (exact) mass is 316 g/mol. The molecule has 2 aliphatic heterocycles. The zero-order valence-corrected chi connectivity index (χ0v) is 12.8. The number of halogens is 1. The molecule has 0 aromatic rings. The van der Waals surface area contributed by atoms with Gasteiger partial charge in [0.1, 0.15) is 0 Å². The number of nitrogens with zero attached hydrogens (tertiary/aromatic N) is 2. The zero-order chi connectivity index (χ0) is 12.8. The normalized spacial score (nSPS) is 26.6. The first kappa shape index (κ1) is 14.3. The quantitative estimate of drug-likeness (QED) is 0.728. The Morgan fingerprint density at radius 2 is 1.83 bits per heavy atom. The Balaban J connectivity index is 1.64. The lowest BCUT2D eigenvalue weighted by atomic mass is 10.2. The summed E-state index contributed by atoms with van der Waals surface area (Å²) in [6.45, 7) is 5.61. The van der Waals surface area contributed by atoms with Gasteiger partial charge in [0, 0.05) is 24.8 Å². The Labute approximate surface area is 119 Å². The molecule has 2 fully saturated rings. The number of likely N-dealkylation sites (tertiary alicyclic amines) is 2. The number of hydrogen-bond acceptors (Lipinski definition) is 2. The molecule has 3 nitrogen and oxygen atoms in total. The van der Waals surface area contributed by atoms with E-state index in [1.165, 1.54) is 45.3 Å². The highest BCUT2D eigenvalue weighted by Crippen LogP contribution is 2.19. The maximum atomic E-state index is 11.8. The molecule has 0 aliphatic carbocycles. The number of carbonyl (C=O) groups excluding carboxylic acids is 1. The van der Waals surface area contributed by atoms with Gasteiger partial charge in [-0.1, -0.05) is 28.8 Å². The van der Waals surface area contributed by atoms with Crippen molar-refractivity contribution in [1.29, 1.82) is 0 Å². The second kappa shape index (κ2) is 7.49. The van der Waals surface area contributed by atoms with Crippen molar-refractivity contribution in [2.75, 3.05) is 38.1 Å². The second-order valence-electron chi connectivity index (χ2n) is 5.67. The van der Waals surface area contributed by atoms with Crippen LogP contribution in [-0.2, 0) is 4.79 Å². The molecule has 1 unspecified atom stereocenters. The number of rotatable bonds is 5. The van der Waals surface area contributed by atoms with Crippen LogP contribution in [0.5, 0.6) is 0 Å². The fourth-order valence-corrected chi connectivity index (χ4v) is 3.45. The average Bonchev–Trinajstić information content (AvgIpc) is 2.58. The van der Waals surface area contributed by atoms with Crippen molar-refractivity contribution >= 4 is 21.8 Å². The van der Waals surface area contributed by atoms with E-state index in [9.17, 15) is 4.79 Å². The van der Waals surface area contributed by atoms with Crippen molar-refractivity contribution in [3.05, 3.63) is 0 Å². The average molecular weight is 317 g/mol. The van der Waals surface area contributed by atoms with Gasteiger partial charge in [0.05, 0.1) is 0 Å². The van der Waals surface area contributed by atoms with E-state index in [1.807, 2.05) is 0 Å². The number of alkyl halides is 1. The van der Waals surface area contributed by atoms with E-state index < -0.39 is 0 Å². The fraction of sp³-hybridized carbons (Fsp3) is 0.929. The van der Waals surface area contributed by atoms with E-state index in [0.29, 0.717) is 11.8 Å². The van der Waals surface area contributed by atoms with Crippen LogP contribution in [0.25, 0.3) is 0 Å². The largest absolute Gasteiger partial charge is 0.342 e. The van der Waals surface area contributed by atoms with E-state index in [-0.39, 0.29) is 0 Å². The number of amides is 1. The van der Waals surface area contributed by atoms with E-state index >= 15 is 0 Å². The van der Waals surface area contributed by atoms with Crippen LogP contribution in [0.15, 0.2) is 0 Å². The molecule has 2 rings (SSSR count). The van der Waals surface area contributed by atoms with Crippen LogP contribution in [0.2, 0.25) is 0 Å². The van der Waals surface area contributed by atoms with Crippen LogP contribution >= 0.6 is 15.9 Å². The third-order valence-electron chi connectivity index (χ3n) is 4.11. The molecule has 1 atom stereocenters. The van der Waals surface area contributed by atoms with Gasteiger partial charge < -0.3 is 9.80 Å². The molecule has 0 aromatic heterocycles. The van der Waals surface area contributed by atoms with Crippen molar-refractivity contribution in [3.63, 3.8) is 0 Å². The summed E-state index contributed by atoms with van der Waals surface area (Å²) in [5.41, 5.74) is 0. The molecule has 4 heteroatoms. The predicted octanol–water partition coefficient (Wildman–Crippen LogP) is 2.50. The third kappa shape index (κ3) is 4.23. The summed E-state index contributed by atoms with van der Waals surface area (Å²) < 4.78 is 0. The van der Waals surface area contributed by atoms with Crippen LogP contribution in [0.1, 0.15) is 38.5 Å². The summed E-state index contributed by atoms with van der Waals surface area (Å²) in [6.07, 6.45) is 7.39. The smallest absolute Gasteiger partial charge is 0.222 e. The Morgan fingerprint density at radius 3 is 2.44 bits per heavy atom. The molecule has 104 valence electrons. The number of carbonyl (C=O) groups is 1. The summed E-state index contributed by atoms with van der Waals surface area (Å²) in [7, 11) is 0. The van der Waals surface area contributed by atoms with Crippen molar-refractivity contribution in [2.24, 2.45) is 5.92 Å². The van der Waals surface area contributed by atoms with Gasteiger partial charge in [0.15, 0.2) is 0 Å². The zero-order valence-electron chi connectivity index (χ0n) is 11.2. The highest BCUT2D eigenvalue weighted by Gasteiger charge is 2.28. The minimum Gasteiger partial charge on any atom is -0.342 e. The molecule has 0 radical (unpaired) electrons. The lowest BCUT2D eigenvalue weighted by Gasteiger charge is -2.22. The molecule has 1 amide bonds. The van der Waals surface area contributed by atoms with E-state index in [4.69, 9.17) is 0 Å². The molecule has 0 aromatic carbocycles. The van der Waals surface area contributed by atoms with Gasteiger partial charge in [-0.25, -0.2) is 0 Å². The van der Waals surface area contributed by atoms with Gasteiger partial charge in [-0.15, -0.1) is 0 Å². The summed E-state index contributed by atoms with van der Waals surface area (Å²) in [5.74, 6) is 0.894.